The molecule has 1 saturated heterocycles. The van der Waals surface area contributed by atoms with Gasteiger partial charge in [-0.1, -0.05) is 19.1 Å². The van der Waals surface area contributed by atoms with Crippen LogP contribution >= 0.6 is 0 Å². The number of anilines is 1. The summed E-state index contributed by atoms with van der Waals surface area (Å²) in [5, 5.41) is 10.9. The van der Waals surface area contributed by atoms with E-state index in [1.165, 1.54) is 12.1 Å². The summed E-state index contributed by atoms with van der Waals surface area (Å²) < 4.78 is 22.9. The van der Waals surface area contributed by atoms with Crippen molar-refractivity contribution >= 4 is 21.6 Å². The van der Waals surface area contributed by atoms with Gasteiger partial charge in [-0.3, -0.25) is 4.79 Å². The molecule has 0 unspecified atom stereocenters. The van der Waals surface area contributed by atoms with Crippen LogP contribution in [0.3, 0.4) is 0 Å². The summed E-state index contributed by atoms with van der Waals surface area (Å²) in [6, 6.07) is 6.13. The maximum atomic E-state index is 12.1. The summed E-state index contributed by atoms with van der Waals surface area (Å²) in [4.78, 5) is 12.0. The Hall–Kier alpha value is -1.44. The first-order chi connectivity index (χ1) is 8.89. The summed E-state index contributed by atoms with van der Waals surface area (Å²) >= 11 is 0. The molecule has 1 aromatic carbocycles. The van der Waals surface area contributed by atoms with Gasteiger partial charge in [0.1, 0.15) is 4.90 Å². The van der Waals surface area contributed by atoms with Gasteiger partial charge in [0, 0.05) is 6.54 Å². The van der Waals surface area contributed by atoms with Gasteiger partial charge in [-0.25, -0.2) is 13.6 Å². The third kappa shape index (κ3) is 3.12. The van der Waals surface area contributed by atoms with E-state index in [4.69, 9.17) is 5.14 Å². The van der Waals surface area contributed by atoms with Crippen LogP contribution in [0, 0.1) is 11.8 Å². The smallest absolute Gasteiger partial charge is 0.240 e. The number of benzene rings is 1. The minimum Gasteiger partial charge on any atom is -0.325 e. The molecule has 4 N–H and O–H groups in total. The van der Waals surface area contributed by atoms with E-state index in [-0.39, 0.29) is 28.3 Å². The molecule has 1 aliphatic rings. The van der Waals surface area contributed by atoms with Crippen molar-refractivity contribution in [2.24, 2.45) is 17.0 Å². The molecule has 19 heavy (non-hydrogen) atoms. The zero-order valence-electron chi connectivity index (χ0n) is 10.6. The van der Waals surface area contributed by atoms with Gasteiger partial charge in [-0.05, 0) is 24.6 Å². The largest absolute Gasteiger partial charge is 0.325 e. The number of rotatable bonds is 3. The minimum absolute atomic E-state index is 0.0676. The van der Waals surface area contributed by atoms with Crippen LogP contribution in [-0.2, 0) is 14.8 Å². The summed E-state index contributed by atoms with van der Waals surface area (Å²) in [7, 11) is -3.85. The molecule has 0 aromatic heterocycles. The molecule has 1 fully saturated rings. The van der Waals surface area contributed by atoms with Gasteiger partial charge in [0.05, 0.1) is 11.6 Å². The number of sulfonamides is 1. The van der Waals surface area contributed by atoms with Gasteiger partial charge < -0.3 is 10.6 Å². The highest BCUT2D eigenvalue weighted by molar-refractivity contribution is 7.89. The Balaban J connectivity index is 2.22. The lowest BCUT2D eigenvalue weighted by atomic mass is 9.97. The molecule has 1 aromatic rings. The number of carbonyl (C=O) groups is 1. The highest BCUT2D eigenvalue weighted by Gasteiger charge is 2.30. The SMILES string of the molecule is C[C@@H]1CNC[C@H]1C(=O)Nc1ccccc1S(N)(=O)=O. The number of amides is 1. The molecule has 1 aliphatic heterocycles. The number of primary sulfonamides is 1. The fraction of sp³-hybridized carbons (Fsp3) is 0.417. The van der Waals surface area contributed by atoms with E-state index in [2.05, 4.69) is 10.6 Å². The average Bonchev–Trinajstić information content (AvgIpc) is 2.75. The summed E-state index contributed by atoms with van der Waals surface area (Å²) in [5.41, 5.74) is 0.231. The zero-order valence-corrected chi connectivity index (χ0v) is 11.4. The standard InChI is InChI=1S/C12H17N3O3S/c1-8-6-14-7-9(8)12(16)15-10-4-2-3-5-11(10)19(13,17)18/h2-5,8-9,14H,6-7H2,1H3,(H,15,16)(H2,13,17,18)/t8-,9-/m1/s1. The molecule has 1 amide bonds. The predicted molar refractivity (Wildman–Crippen MR) is 72.0 cm³/mol. The van der Waals surface area contributed by atoms with Gasteiger partial charge >= 0.3 is 0 Å². The zero-order chi connectivity index (χ0) is 14.0. The predicted octanol–water partition coefficient (Wildman–Crippen LogP) is 0.128. The van der Waals surface area contributed by atoms with E-state index >= 15 is 0 Å². The number of para-hydroxylation sites is 1. The molecule has 6 nitrogen and oxygen atoms in total. The van der Waals surface area contributed by atoms with Crippen LogP contribution in [-0.4, -0.2) is 27.4 Å². The first kappa shape index (κ1) is 14.0. The molecule has 0 saturated carbocycles. The van der Waals surface area contributed by atoms with E-state index < -0.39 is 10.0 Å². The Morgan fingerprint density at radius 2 is 2.05 bits per heavy atom. The quantitative estimate of drug-likeness (QED) is 0.733. The van der Waals surface area contributed by atoms with Crippen molar-refractivity contribution < 1.29 is 13.2 Å². The molecule has 104 valence electrons. The number of hydrogen-bond donors (Lipinski definition) is 3. The second-order valence-corrected chi connectivity index (χ2v) is 6.30. The third-order valence-electron chi connectivity index (χ3n) is 3.31. The summed E-state index contributed by atoms with van der Waals surface area (Å²) in [6.45, 7) is 3.37. The van der Waals surface area contributed by atoms with Crippen molar-refractivity contribution in [3.63, 3.8) is 0 Å². The van der Waals surface area contributed by atoms with Gasteiger partial charge in [-0.2, -0.15) is 0 Å². The van der Waals surface area contributed by atoms with E-state index in [1.54, 1.807) is 12.1 Å². The Kier molecular flexibility index (Phi) is 3.88. The number of nitrogens with one attached hydrogen (secondary N) is 2. The van der Waals surface area contributed by atoms with Crippen molar-refractivity contribution in [1.82, 2.24) is 5.32 Å². The molecule has 2 atom stereocenters. The van der Waals surface area contributed by atoms with Crippen LogP contribution in [0.4, 0.5) is 5.69 Å². The van der Waals surface area contributed by atoms with Crippen LogP contribution < -0.4 is 15.8 Å². The van der Waals surface area contributed by atoms with Crippen molar-refractivity contribution in [2.75, 3.05) is 18.4 Å². The molecule has 0 spiro atoms. The molecular weight excluding hydrogens is 266 g/mol. The Bertz CT molecular complexity index is 586. The fourth-order valence-corrected chi connectivity index (χ4v) is 2.90. The van der Waals surface area contributed by atoms with E-state index in [9.17, 15) is 13.2 Å². The first-order valence-corrected chi connectivity index (χ1v) is 7.57. The van der Waals surface area contributed by atoms with Crippen LogP contribution in [0.15, 0.2) is 29.2 Å². The van der Waals surface area contributed by atoms with Crippen LogP contribution in [0.1, 0.15) is 6.92 Å². The van der Waals surface area contributed by atoms with E-state index in [0.717, 1.165) is 6.54 Å². The highest BCUT2D eigenvalue weighted by atomic mass is 32.2. The molecule has 0 bridgehead atoms. The minimum atomic E-state index is -3.85. The van der Waals surface area contributed by atoms with E-state index in [0.29, 0.717) is 6.54 Å². The Labute approximate surface area is 112 Å². The summed E-state index contributed by atoms with van der Waals surface area (Å²) in [6.07, 6.45) is 0. The summed E-state index contributed by atoms with van der Waals surface area (Å²) in [5.74, 6) is -0.121. The van der Waals surface area contributed by atoms with Gasteiger partial charge in [0.25, 0.3) is 0 Å². The third-order valence-corrected chi connectivity index (χ3v) is 4.27. The van der Waals surface area contributed by atoms with Crippen molar-refractivity contribution in [1.29, 1.82) is 0 Å². The first-order valence-electron chi connectivity index (χ1n) is 6.03. The lowest BCUT2D eigenvalue weighted by Gasteiger charge is -2.15. The van der Waals surface area contributed by atoms with Gasteiger partial charge in [0.15, 0.2) is 0 Å². The molecule has 2 rings (SSSR count). The molecule has 7 heteroatoms. The van der Waals surface area contributed by atoms with Crippen molar-refractivity contribution in [2.45, 2.75) is 11.8 Å². The highest BCUT2D eigenvalue weighted by Crippen LogP contribution is 2.22. The van der Waals surface area contributed by atoms with Crippen LogP contribution in [0.2, 0.25) is 0 Å². The number of carbonyl (C=O) groups excluding carboxylic acids is 1. The van der Waals surface area contributed by atoms with E-state index in [1.807, 2.05) is 6.92 Å². The number of hydrogen-bond acceptors (Lipinski definition) is 4. The van der Waals surface area contributed by atoms with Crippen molar-refractivity contribution in [3.8, 4) is 0 Å². The molecule has 0 radical (unpaired) electrons. The van der Waals surface area contributed by atoms with Gasteiger partial charge in [0.2, 0.25) is 15.9 Å². The van der Waals surface area contributed by atoms with Gasteiger partial charge in [-0.15, -0.1) is 0 Å². The maximum absolute atomic E-state index is 12.1. The normalized spacial score (nSPS) is 23.3. The van der Waals surface area contributed by atoms with Crippen LogP contribution in [0.25, 0.3) is 0 Å². The Morgan fingerprint density at radius 1 is 1.37 bits per heavy atom. The number of nitrogens with two attached hydrogens (primary N) is 1. The second kappa shape index (κ2) is 5.28. The molecule has 0 aliphatic carbocycles. The lowest BCUT2D eigenvalue weighted by Crippen LogP contribution is -2.28. The molecule has 1 heterocycles. The fourth-order valence-electron chi connectivity index (χ4n) is 2.20. The molecular formula is C12H17N3O3S. The second-order valence-electron chi connectivity index (χ2n) is 4.77. The lowest BCUT2D eigenvalue weighted by molar-refractivity contribution is -0.120. The van der Waals surface area contributed by atoms with Crippen LogP contribution in [0.5, 0.6) is 0 Å². The monoisotopic (exact) mass is 283 g/mol. The average molecular weight is 283 g/mol. The topological polar surface area (TPSA) is 101 Å². The Morgan fingerprint density at radius 3 is 2.63 bits per heavy atom. The maximum Gasteiger partial charge on any atom is 0.240 e. The van der Waals surface area contributed by atoms with Crippen molar-refractivity contribution in [3.05, 3.63) is 24.3 Å².